The van der Waals surface area contributed by atoms with Crippen molar-refractivity contribution >= 4 is 18.3 Å². The smallest absolute Gasteiger partial charge is 0.223 e. The first-order chi connectivity index (χ1) is 11.7. The Kier molecular flexibility index (Phi) is 8.16. The van der Waals surface area contributed by atoms with Gasteiger partial charge in [0.1, 0.15) is 0 Å². The van der Waals surface area contributed by atoms with Crippen LogP contribution in [0.25, 0.3) is 0 Å². The largest absolute Gasteiger partial charge is 0.379 e. The molecule has 25 heavy (non-hydrogen) atoms. The monoisotopic (exact) mass is 367 g/mol. The van der Waals surface area contributed by atoms with Crippen LogP contribution < -0.4 is 10.6 Å². The summed E-state index contributed by atoms with van der Waals surface area (Å²) in [6, 6.07) is 8.99. The van der Waals surface area contributed by atoms with Gasteiger partial charge in [0.15, 0.2) is 0 Å². The van der Waals surface area contributed by atoms with Crippen LogP contribution in [0.4, 0.5) is 0 Å². The number of morpholine rings is 1. The Morgan fingerprint density at radius 2 is 2.08 bits per heavy atom. The van der Waals surface area contributed by atoms with Gasteiger partial charge in [-0.15, -0.1) is 12.4 Å². The lowest BCUT2D eigenvalue weighted by Gasteiger charge is -2.27. The summed E-state index contributed by atoms with van der Waals surface area (Å²) < 4.78 is 5.40. The molecule has 6 heteroatoms. The highest BCUT2D eigenvalue weighted by Gasteiger charge is 2.24. The molecule has 0 aliphatic carbocycles. The van der Waals surface area contributed by atoms with E-state index in [2.05, 4.69) is 46.7 Å². The van der Waals surface area contributed by atoms with E-state index in [0.29, 0.717) is 12.6 Å². The molecule has 2 atom stereocenters. The van der Waals surface area contributed by atoms with Crippen LogP contribution in [-0.2, 0) is 22.6 Å². The standard InChI is InChI=1S/C19H29N3O2.ClH/c1-15-11-18(5-6-20-15)19(23)21-13-16-3-2-4-17(12-16)14-22-7-9-24-10-8-22;/h2-4,12,15,18,20H,5-11,13-14H2,1H3,(H,21,23);1H/t15-,18-;/m0./s1. The number of benzene rings is 1. The van der Waals surface area contributed by atoms with Gasteiger partial charge in [-0.05, 0) is 37.4 Å². The number of carbonyl (C=O) groups is 1. The molecule has 0 bridgehead atoms. The fourth-order valence-corrected chi connectivity index (χ4v) is 3.56. The van der Waals surface area contributed by atoms with E-state index < -0.39 is 0 Å². The van der Waals surface area contributed by atoms with Crippen LogP contribution in [0.3, 0.4) is 0 Å². The number of carbonyl (C=O) groups excluding carboxylic acids is 1. The molecule has 0 spiro atoms. The van der Waals surface area contributed by atoms with Crippen LogP contribution in [-0.4, -0.2) is 49.7 Å². The summed E-state index contributed by atoms with van der Waals surface area (Å²) in [5, 5.41) is 6.51. The van der Waals surface area contributed by atoms with Crippen LogP contribution in [0, 0.1) is 5.92 Å². The Balaban J connectivity index is 0.00000225. The van der Waals surface area contributed by atoms with Crippen molar-refractivity contribution in [3.05, 3.63) is 35.4 Å². The maximum atomic E-state index is 12.4. The van der Waals surface area contributed by atoms with Crippen LogP contribution in [0.2, 0.25) is 0 Å². The number of hydrogen-bond donors (Lipinski definition) is 2. The fourth-order valence-electron chi connectivity index (χ4n) is 3.56. The average molecular weight is 368 g/mol. The molecular formula is C19H30ClN3O2. The summed E-state index contributed by atoms with van der Waals surface area (Å²) in [6.07, 6.45) is 1.87. The van der Waals surface area contributed by atoms with E-state index >= 15 is 0 Å². The van der Waals surface area contributed by atoms with Crippen LogP contribution >= 0.6 is 12.4 Å². The van der Waals surface area contributed by atoms with Crippen molar-refractivity contribution in [3.63, 3.8) is 0 Å². The van der Waals surface area contributed by atoms with Gasteiger partial charge in [0.05, 0.1) is 13.2 Å². The second-order valence-corrected chi connectivity index (χ2v) is 7.00. The van der Waals surface area contributed by atoms with E-state index in [4.69, 9.17) is 4.74 Å². The first-order valence-electron chi connectivity index (χ1n) is 9.10. The molecule has 1 aromatic carbocycles. The highest BCUT2D eigenvalue weighted by molar-refractivity contribution is 5.85. The van der Waals surface area contributed by atoms with Gasteiger partial charge >= 0.3 is 0 Å². The van der Waals surface area contributed by atoms with E-state index in [0.717, 1.165) is 52.2 Å². The van der Waals surface area contributed by atoms with Crippen molar-refractivity contribution in [2.45, 2.75) is 38.9 Å². The highest BCUT2D eigenvalue weighted by Crippen LogP contribution is 2.16. The summed E-state index contributed by atoms with van der Waals surface area (Å²) in [5.41, 5.74) is 2.48. The van der Waals surface area contributed by atoms with Gasteiger partial charge in [-0.2, -0.15) is 0 Å². The minimum atomic E-state index is 0. The molecule has 2 saturated heterocycles. The number of nitrogens with zero attached hydrogens (tertiary/aromatic N) is 1. The molecule has 2 N–H and O–H groups in total. The number of piperidine rings is 1. The van der Waals surface area contributed by atoms with E-state index in [9.17, 15) is 4.79 Å². The third kappa shape index (κ3) is 6.26. The zero-order valence-electron chi connectivity index (χ0n) is 15.0. The maximum Gasteiger partial charge on any atom is 0.223 e. The van der Waals surface area contributed by atoms with E-state index in [1.807, 2.05) is 0 Å². The van der Waals surface area contributed by atoms with Crippen molar-refractivity contribution in [3.8, 4) is 0 Å². The number of hydrogen-bond acceptors (Lipinski definition) is 4. The minimum absolute atomic E-state index is 0. The summed E-state index contributed by atoms with van der Waals surface area (Å²) >= 11 is 0. The normalized spacial score (nSPS) is 24.4. The second kappa shape index (κ2) is 10.1. The maximum absolute atomic E-state index is 12.4. The Morgan fingerprint density at radius 3 is 2.84 bits per heavy atom. The van der Waals surface area contributed by atoms with Gasteiger partial charge in [-0.3, -0.25) is 9.69 Å². The highest BCUT2D eigenvalue weighted by atomic mass is 35.5. The number of rotatable bonds is 5. The molecule has 2 fully saturated rings. The predicted octanol–water partition coefficient (Wildman–Crippen LogP) is 1.94. The third-order valence-corrected chi connectivity index (χ3v) is 4.96. The first kappa shape index (κ1) is 20.2. The van der Waals surface area contributed by atoms with E-state index in [1.165, 1.54) is 11.1 Å². The Morgan fingerprint density at radius 1 is 1.32 bits per heavy atom. The summed E-state index contributed by atoms with van der Waals surface area (Å²) in [6.45, 7) is 8.30. The Bertz CT molecular complexity index is 549. The number of ether oxygens (including phenoxy) is 1. The molecule has 2 aliphatic rings. The van der Waals surface area contributed by atoms with Crippen LogP contribution in [0.1, 0.15) is 30.9 Å². The molecule has 3 rings (SSSR count). The van der Waals surface area contributed by atoms with Crippen molar-refractivity contribution in [2.75, 3.05) is 32.8 Å². The van der Waals surface area contributed by atoms with Gasteiger partial charge in [0.25, 0.3) is 0 Å². The topological polar surface area (TPSA) is 53.6 Å². The molecule has 0 aromatic heterocycles. The van der Waals surface area contributed by atoms with Crippen molar-refractivity contribution in [2.24, 2.45) is 5.92 Å². The zero-order chi connectivity index (χ0) is 16.8. The Labute approximate surface area is 156 Å². The van der Waals surface area contributed by atoms with Gasteiger partial charge < -0.3 is 15.4 Å². The fraction of sp³-hybridized carbons (Fsp3) is 0.632. The molecule has 140 valence electrons. The number of amides is 1. The van der Waals surface area contributed by atoms with Gasteiger partial charge in [-0.1, -0.05) is 24.3 Å². The quantitative estimate of drug-likeness (QED) is 0.835. The second-order valence-electron chi connectivity index (χ2n) is 7.00. The summed E-state index contributed by atoms with van der Waals surface area (Å²) in [4.78, 5) is 14.8. The van der Waals surface area contributed by atoms with Gasteiger partial charge in [0.2, 0.25) is 5.91 Å². The molecule has 2 heterocycles. The minimum Gasteiger partial charge on any atom is -0.379 e. The van der Waals surface area contributed by atoms with Crippen molar-refractivity contribution in [1.29, 1.82) is 0 Å². The number of nitrogens with one attached hydrogen (secondary N) is 2. The average Bonchev–Trinajstić information content (AvgIpc) is 2.61. The van der Waals surface area contributed by atoms with Crippen LogP contribution in [0.15, 0.2) is 24.3 Å². The predicted molar refractivity (Wildman–Crippen MR) is 102 cm³/mol. The molecule has 2 aliphatic heterocycles. The first-order valence-corrected chi connectivity index (χ1v) is 9.10. The lowest BCUT2D eigenvalue weighted by molar-refractivity contribution is -0.126. The molecule has 1 aromatic rings. The van der Waals surface area contributed by atoms with E-state index in [-0.39, 0.29) is 24.2 Å². The molecule has 1 amide bonds. The van der Waals surface area contributed by atoms with Gasteiger partial charge in [0, 0.05) is 38.1 Å². The van der Waals surface area contributed by atoms with Crippen molar-refractivity contribution in [1.82, 2.24) is 15.5 Å². The molecule has 0 radical (unpaired) electrons. The third-order valence-electron chi connectivity index (χ3n) is 4.96. The molecule has 0 unspecified atom stereocenters. The van der Waals surface area contributed by atoms with Crippen LogP contribution in [0.5, 0.6) is 0 Å². The summed E-state index contributed by atoms with van der Waals surface area (Å²) in [5.74, 6) is 0.347. The SMILES string of the molecule is C[C@H]1C[C@@H](C(=O)NCc2cccc(CN3CCOCC3)c2)CCN1.Cl. The molecule has 5 nitrogen and oxygen atoms in total. The summed E-state index contributed by atoms with van der Waals surface area (Å²) in [7, 11) is 0. The Hall–Kier alpha value is -1.14. The zero-order valence-corrected chi connectivity index (χ0v) is 15.8. The lowest BCUT2D eigenvalue weighted by atomic mass is 9.92. The number of halogens is 1. The van der Waals surface area contributed by atoms with Gasteiger partial charge in [-0.25, -0.2) is 0 Å². The van der Waals surface area contributed by atoms with Crippen molar-refractivity contribution < 1.29 is 9.53 Å². The molecular weight excluding hydrogens is 338 g/mol. The molecule has 0 saturated carbocycles. The lowest BCUT2D eigenvalue weighted by Crippen LogP contribution is -2.42. The van der Waals surface area contributed by atoms with E-state index in [1.54, 1.807) is 0 Å².